The second-order valence-electron chi connectivity index (χ2n) is 12.0. The van der Waals surface area contributed by atoms with E-state index in [0.29, 0.717) is 12.8 Å². The Balaban J connectivity index is 1.24. The number of aliphatic hydroxyl groups is 1. The number of carbonyl (C=O) groups is 4. The van der Waals surface area contributed by atoms with E-state index in [4.69, 9.17) is 19.3 Å². The highest BCUT2D eigenvalue weighted by Crippen LogP contribution is 2.44. The first-order valence-electron chi connectivity index (χ1n) is 16.7. The van der Waals surface area contributed by atoms with E-state index < -0.39 is 30.1 Å². The molecule has 2 aliphatic rings. The molecule has 258 valence electrons. The van der Waals surface area contributed by atoms with Gasteiger partial charge in [-0.2, -0.15) is 0 Å². The third-order valence-corrected chi connectivity index (χ3v) is 8.65. The Morgan fingerprint density at radius 3 is 2.31 bits per heavy atom. The van der Waals surface area contributed by atoms with E-state index in [1.807, 2.05) is 78.9 Å². The van der Waals surface area contributed by atoms with E-state index in [1.54, 1.807) is 0 Å². The van der Waals surface area contributed by atoms with Gasteiger partial charge < -0.3 is 35.3 Å². The molecule has 1 heterocycles. The number of esters is 1. The van der Waals surface area contributed by atoms with Crippen molar-refractivity contribution in [3.05, 3.63) is 108 Å². The normalized spacial score (nSPS) is 19.6. The molecule has 11 heteroatoms. The average molecular weight is 670 g/mol. The third-order valence-electron chi connectivity index (χ3n) is 8.65. The fourth-order valence-electron chi connectivity index (χ4n) is 6.14. The molecule has 3 aromatic carbocycles. The smallest absolute Gasteiger partial charge is 0.407 e. The SMILES string of the molecule is O=C(CC1CC=CCCC(NC(=O)OCC2c3ccccc3-c3ccccc32)C(=O)OCC(c2ccccc2)NC1=O)NCCOCCO. The van der Waals surface area contributed by atoms with E-state index in [2.05, 4.69) is 28.1 Å². The Morgan fingerprint density at radius 1 is 0.898 bits per heavy atom. The Morgan fingerprint density at radius 2 is 1.59 bits per heavy atom. The van der Waals surface area contributed by atoms with Crippen molar-refractivity contribution in [1.82, 2.24) is 16.0 Å². The summed E-state index contributed by atoms with van der Waals surface area (Å²) in [6.07, 6.45) is 3.81. The molecule has 4 N–H and O–H groups in total. The van der Waals surface area contributed by atoms with Crippen molar-refractivity contribution in [2.45, 2.75) is 43.7 Å². The summed E-state index contributed by atoms with van der Waals surface area (Å²) in [6.45, 7) is 0.506. The number of fused-ring (bicyclic) bond motifs is 3. The van der Waals surface area contributed by atoms with Crippen LogP contribution < -0.4 is 16.0 Å². The first kappa shape index (κ1) is 35.3. The zero-order valence-corrected chi connectivity index (χ0v) is 27.3. The van der Waals surface area contributed by atoms with Crippen LogP contribution >= 0.6 is 0 Å². The summed E-state index contributed by atoms with van der Waals surface area (Å²) in [5.74, 6) is -2.10. The third kappa shape index (κ3) is 9.77. The molecule has 11 nitrogen and oxygen atoms in total. The predicted molar refractivity (Wildman–Crippen MR) is 182 cm³/mol. The molecule has 49 heavy (non-hydrogen) atoms. The maximum Gasteiger partial charge on any atom is 0.407 e. The van der Waals surface area contributed by atoms with Crippen molar-refractivity contribution in [2.24, 2.45) is 5.92 Å². The van der Waals surface area contributed by atoms with Crippen LogP contribution in [0.1, 0.15) is 54.3 Å². The molecule has 5 rings (SSSR count). The Hall–Kier alpha value is -5.00. The number of cyclic esters (lactones) is 1. The molecule has 0 saturated heterocycles. The number of ether oxygens (including phenoxy) is 3. The van der Waals surface area contributed by atoms with Gasteiger partial charge in [-0.05, 0) is 47.1 Å². The Bertz CT molecular complexity index is 1570. The lowest BCUT2D eigenvalue weighted by atomic mass is 9.97. The summed E-state index contributed by atoms with van der Waals surface area (Å²) in [6, 6.07) is 23.5. The van der Waals surface area contributed by atoms with Crippen molar-refractivity contribution in [3.8, 4) is 11.1 Å². The fourth-order valence-corrected chi connectivity index (χ4v) is 6.14. The van der Waals surface area contributed by atoms with E-state index in [0.717, 1.165) is 27.8 Å². The van der Waals surface area contributed by atoms with Gasteiger partial charge in [0.1, 0.15) is 19.3 Å². The molecular formula is C38H43N3O8. The number of rotatable bonds is 11. The quantitative estimate of drug-likeness (QED) is 0.135. The molecular weight excluding hydrogens is 626 g/mol. The molecule has 0 aromatic heterocycles. The van der Waals surface area contributed by atoms with Crippen LogP contribution in [-0.4, -0.2) is 74.6 Å². The van der Waals surface area contributed by atoms with Gasteiger partial charge in [0.15, 0.2) is 0 Å². The van der Waals surface area contributed by atoms with Gasteiger partial charge in [-0.25, -0.2) is 9.59 Å². The maximum atomic E-state index is 13.5. The minimum atomic E-state index is -0.984. The molecule has 0 fully saturated rings. The van der Waals surface area contributed by atoms with E-state index >= 15 is 0 Å². The van der Waals surface area contributed by atoms with Crippen molar-refractivity contribution >= 4 is 23.9 Å². The highest BCUT2D eigenvalue weighted by Gasteiger charge is 2.31. The molecule has 1 aliphatic heterocycles. The van der Waals surface area contributed by atoms with E-state index in [-0.39, 0.29) is 70.2 Å². The zero-order chi connectivity index (χ0) is 34.4. The van der Waals surface area contributed by atoms with Crippen LogP contribution in [0.2, 0.25) is 0 Å². The second kappa shape index (κ2) is 18.0. The minimum Gasteiger partial charge on any atom is -0.462 e. The molecule has 1 aliphatic carbocycles. The number of amides is 3. The summed E-state index contributed by atoms with van der Waals surface area (Å²) in [5, 5.41) is 17.2. The number of allylic oxidation sites excluding steroid dienone is 2. The molecule has 3 amide bonds. The number of carbonyl (C=O) groups excluding carboxylic acids is 4. The van der Waals surface area contributed by atoms with Gasteiger partial charge in [0.05, 0.1) is 31.8 Å². The lowest BCUT2D eigenvalue weighted by Crippen LogP contribution is -2.43. The van der Waals surface area contributed by atoms with Gasteiger partial charge in [-0.1, -0.05) is 91.0 Å². The number of aliphatic hydroxyl groups excluding tert-OH is 1. The highest BCUT2D eigenvalue weighted by molar-refractivity contribution is 5.86. The van der Waals surface area contributed by atoms with Crippen LogP contribution in [0.5, 0.6) is 0 Å². The van der Waals surface area contributed by atoms with Crippen LogP contribution in [0.15, 0.2) is 91.0 Å². The van der Waals surface area contributed by atoms with Crippen LogP contribution in [-0.2, 0) is 28.6 Å². The van der Waals surface area contributed by atoms with Gasteiger partial charge in [0.25, 0.3) is 0 Å². The molecule has 3 unspecified atom stereocenters. The van der Waals surface area contributed by atoms with Crippen LogP contribution in [0.4, 0.5) is 4.79 Å². The number of alkyl carbamates (subject to hydrolysis) is 1. The Labute approximate surface area is 286 Å². The lowest BCUT2D eigenvalue weighted by Gasteiger charge is -2.24. The maximum absolute atomic E-state index is 13.5. The zero-order valence-electron chi connectivity index (χ0n) is 27.3. The van der Waals surface area contributed by atoms with Crippen LogP contribution in [0.25, 0.3) is 11.1 Å². The van der Waals surface area contributed by atoms with Crippen molar-refractivity contribution in [3.63, 3.8) is 0 Å². The first-order chi connectivity index (χ1) is 23.9. The Kier molecular flexibility index (Phi) is 12.9. The largest absolute Gasteiger partial charge is 0.462 e. The fraction of sp³-hybridized carbons (Fsp3) is 0.368. The van der Waals surface area contributed by atoms with Crippen molar-refractivity contribution in [2.75, 3.05) is 39.6 Å². The van der Waals surface area contributed by atoms with Crippen LogP contribution in [0, 0.1) is 5.92 Å². The molecule has 0 spiro atoms. The predicted octanol–water partition coefficient (Wildman–Crippen LogP) is 4.17. The number of benzene rings is 3. The molecule has 0 bridgehead atoms. The van der Waals surface area contributed by atoms with E-state index in [9.17, 15) is 19.2 Å². The summed E-state index contributed by atoms with van der Waals surface area (Å²) >= 11 is 0. The van der Waals surface area contributed by atoms with Gasteiger partial charge in [0.2, 0.25) is 11.8 Å². The standard InChI is InChI=1S/C38H43N3O8/c42-20-22-47-21-19-39-35(43)23-27-13-5-2-6-18-33(37(45)48-25-34(40-36(27)44)26-11-3-1-4-12-26)41-38(46)49-24-32-30-16-9-7-14-28(30)29-15-8-10-17-31(29)32/h1-5,7-12,14-17,27,32-34,42H,6,13,18-25H2,(H,39,43)(H,40,44)(H,41,46). The van der Waals surface area contributed by atoms with Crippen LogP contribution in [0.3, 0.4) is 0 Å². The molecule has 0 saturated carbocycles. The first-order valence-corrected chi connectivity index (χ1v) is 16.7. The number of hydrogen-bond acceptors (Lipinski definition) is 8. The van der Waals surface area contributed by atoms with Gasteiger partial charge in [-0.3, -0.25) is 9.59 Å². The van der Waals surface area contributed by atoms with Gasteiger partial charge >= 0.3 is 12.1 Å². The summed E-state index contributed by atoms with van der Waals surface area (Å²) < 4.78 is 16.6. The van der Waals surface area contributed by atoms with Gasteiger partial charge in [-0.15, -0.1) is 0 Å². The molecule has 0 radical (unpaired) electrons. The monoisotopic (exact) mass is 669 g/mol. The average Bonchev–Trinajstić information content (AvgIpc) is 3.44. The molecule has 3 atom stereocenters. The number of nitrogens with one attached hydrogen (secondary N) is 3. The topological polar surface area (TPSA) is 152 Å². The summed E-state index contributed by atoms with van der Waals surface area (Å²) in [7, 11) is 0. The lowest BCUT2D eigenvalue weighted by molar-refractivity contribution is -0.147. The summed E-state index contributed by atoms with van der Waals surface area (Å²) in [5.41, 5.74) is 5.12. The van der Waals surface area contributed by atoms with Crippen molar-refractivity contribution in [1.29, 1.82) is 0 Å². The summed E-state index contributed by atoms with van der Waals surface area (Å²) in [4.78, 5) is 52.6. The second-order valence-corrected chi connectivity index (χ2v) is 12.0. The highest BCUT2D eigenvalue weighted by atomic mass is 16.6. The van der Waals surface area contributed by atoms with E-state index in [1.165, 1.54) is 0 Å². The minimum absolute atomic E-state index is 0.0521. The molecule has 3 aromatic rings. The van der Waals surface area contributed by atoms with Gasteiger partial charge in [0, 0.05) is 18.9 Å². The number of hydrogen-bond donors (Lipinski definition) is 4. The van der Waals surface area contributed by atoms with Crippen molar-refractivity contribution < 1.29 is 38.5 Å².